The molecule has 1 amide bonds. The second-order valence-corrected chi connectivity index (χ2v) is 7.59. The lowest BCUT2D eigenvalue weighted by molar-refractivity contribution is 0.0991. The van der Waals surface area contributed by atoms with E-state index in [4.69, 9.17) is 13.9 Å². The Balaban J connectivity index is 1.58. The number of carbonyl (C=O) groups is 1. The lowest BCUT2D eigenvalue weighted by Gasteiger charge is -2.20. The van der Waals surface area contributed by atoms with E-state index in [-0.39, 0.29) is 22.7 Å². The summed E-state index contributed by atoms with van der Waals surface area (Å²) >= 11 is 1.15. The first kappa shape index (κ1) is 20.0. The lowest BCUT2D eigenvalue weighted by Crippen LogP contribution is -2.25. The molecular weight excluding hydrogens is 412 g/mol. The zero-order valence-electron chi connectivity index (χ0n) is 16.6. The first-order valence-corrected chi connectivity index (χ1v) is 9.97. The highest BCUT2D eigenvalue weighted by Gasteiger charge is 2.28. The van der Waals surface area contributed by atoms with Gasteiger partial charge < -0.3 is 18.8 Å². The number of hydrogen-bond donors (Lipinski definition) is 1. The molecule has 0 spiro atoms. The average molecular weight is 432 g/mol. The van der Waals surface area contributed by atoms with Gasteiger partial charge in [0.05, 0.1) is 18.9 Å². The maximum atomic E-state index is 12.7. The van der Waals surface area contributed by atoms with E-state index in [0.29, 0.717) is 23.9 Å². The molecule has 1 aliphatic rings. The second kappa shape index (κ2) is 8.24. The Morgan fingerprint density at radius 3 is 2.87 bits per heavy atom. The smallest absolute Gasteiger partial charge is 0.381 e. The molecule has 0 bridgehead atoms. The van der Waals surface area contributed by atoms with Crippen LogP contribution in [-0.2, 0) is 4.74 Å². The molecule has 3 aromatic rings. The van der Waals surface area contributed by atoms with Gasteiger partial charge in [0.15, 0.2) is 5.76 Å². The molecule has 0 unspecified atom stereocenters. The largest absolute Gasteiger partial charge is 0.488 e. The van der Waals surface area contributed by atoms with Gasteiger partial charge in [0.25, 0.3) is 5.91 Å². The van der Waals surface area contributed by atoms with Gasteiger partial charge in [0.2, 0.25) is 16.0 Å². The predicted molar refractivity (Wildman–Crippen MR) is 109 cm³/mol. The second-order valence-electron chi connectivity index (χ2n) is 6.64. The third kappa shape index (κ3) is 3.78. The van der Waals surface area contributed by atoms with Gasteiger partial charge in [0.1, 0.15) is 0 Å². The molecule has 0 aliphatic carbocycles. The fourth-order valence-corrected chi connectivity index (χ4v) is 3.98. The molecule has 11 nitrogen and oxygen atoms in total. The summed E-state index contributed by atoms with van der Waals surface area (Å²) in [5.74, 6) is -0.710. The standard InChI is InChI=1S/C18H20N6O5S/c1-10-4-6-19-24(10)18-22-21-17(30-18)20-15(25)13-8-12(14(28-3)16(26)29-13)23-7-5-11(9-23)27-2/h4,6,8,11H,5,7,9H2,1-3H3,(H,20,21,25)/t11-/m0/s1. The minimum atomic E-state index is -0.730. The minimum Gasteiger partial charge on any atom is -0.488 e. The minimum absolute atomic E-state index is 0.0461. The van der Waals surface area contributed by atoms with Crippen LogP contribution in [-0.4, -0.2) is 59.3 Å². The van der Waals surface area contributed by atoms with E-state index in [1.807, 2.05) is 17.9 Å². The Morgan fingerprint density at radius 2 is 2.20 bits per heavy atom. The van der Waals surface area contributed by atoms with Crippen molar-refractivity contribution < 1.29 is 18.7 Å². The van der Waals surface area contributed by atoms with Crippen LogP contribution in [0.1, 0.15) is 22.7 Å². The third-order valence-electron chi connectivity index (χ3n) is 4.78. The van der Waals surface area contributed by atoms with Crippen LogP contribution in [0.4, 0.5) is 10.8 Å². The first-order valence-electron chi connectivity index (χ1n) is 9.16. The molecular formula is C18H20N6O5S. The number of nitrogens with one attached hydrogen (secondary N) is 1. The van der Waals surface area contributed by atoms with Gasteiger partial charge in [-0.2, -0.15) is 5.10 Å². The van der Waals surface area contributed by atoms with Gasteiger partial charge in [-0.15, -0.1) is 10.2 Å². The third-order valence-corrected chi connectivity index (χ3v) is 5.60. The number of aromatic nitrogens is 4. The van der Waals surface area contributed by atoms with Gasteiger partial charge in [-0.05, 0) is 19.4 Å². The highest BCUT2D eigenvalue weighted by molar-refractivity contribution is 7.17. The SMILES string of the molecule is COc1c(N2CC[C@H](OC)C2)cc(C(=O)Nc2nnc(-n3nccc3C)s2)oc1=O. The topological polar surface area (TPSA) is 125 Å². The van der Waals surface area contributed by atoms with Crippen LogP contribution >= 0.6 is 11.3 Å². The van der Waals surface area contributed by atoms with E-state index in [2.05, 4.69) is 20.6 Å². The van der Waals surface area contributed by atoms with E-state index >= 15 is 0 Å². The van der Waals surface area contributed by atoms with Crippen LogP contribution in [0.25, 0.3) is 5.13 Å². The quantitative estimate of drug-likeness (QED) is 0.616. The van der Waals surface area contributed by atoms with Crippen molar-refractivity contribution in [1.29, 1.82) is 0 Å². The Hall–Kier alpha value is -3.25. The normalized spacial score (nSPS) is 16.1. The molecule has 12 heteroatoms. The van der Waals surface area contributed by atoms with Crippen molar-refractivity contribution >= 4 is 28.1 Å². The van der Waals surface area contributed by atoms with Crippen LogP contribution in [0, 0.1) is 6.92 Å². The van der Waals surface area contributed by atoms with Gasteiger partial charge in [-0.3, -0.25) is 10.1 Å². The summed E-state index contributed by atoms with van der Waals surface area (Å²) in [7, 11) is 3.03. The number of rotatable bonds is 6. The molecule has 1 fully saturated rings. The van der Waals surface area contributed by atoms with Crippen LogP contribution < -0.4 is 20.6 Å². The molecule has 1 N–H and O–H groups in total. The number of hydrogen-bond acceptors (Lipinski definition) is 10. The molecule has 0 aromatic carbocycles. The van der Waals surface area contributed by atoms with Crippen molar-refractivity contribution in [3.05, 3.63) is 40.2 Å². The number of carbonyl (C=O) groups excluding carboxylic acids is 1. The predicted octanol–water partition coefficient (Wildman–Crippen LogP) is 1.47. The van der Waals surface area contributed by atoms with Gasteiger partial charge in [-0.1, -0.05) is 11.3 Å². The van der Waals surface area contributed by atoms with Crippen molar-refractivity contribution in [3.63, 3.8) is 0 Å². The van der Waals surface area contributed by atoms with Crippen molar-refractivity contribution in [2.75, 3.05) is 37.5 Å². The van der Waals surface area contributed by atoms with Gasteiger partial charge in [-0.25, -0.2) is 9.48 Å². The summed E-state index contributed by atoms with van der Waals surface area (Å²) in [6.07, 6.45) is 2.50. The average Bonchev–Trinajstić information content (AvgIpc) is 3.47. The summed E-state index contributed by atoms with van der Waals surface area (Å²) in [6.45, 7) is 3.13. The Bertz CT molecular complexity index is 1120. The molecule has 1 aliphatic heterocycles. The summed E-state index contributed by atoms with van der Waals surface area (Å²) in [4.78, 5) is 27.0. The molecule has 3 aromatic heterocycles. The molecule has 1 saturated heterocycles. The maximum absolute atomic E-state index is 12.7. The molecule has 30 heavy (non-hydrogen) atoms. The number of aryl methyl sites for hydroxylation is 1. The van der Waals surface area contributed by atoms with Crippen LogP contribution in [0.5, 0.6) is 5.75 Å². The fraction of sp³-hybridized carbons (Fsp3) is 0.389. The molecule has 0 radical (unpaired) electrons. The van der Waals surface area contributed by atoms with Crippen molar-refractivity contribution in [3.8, 4) is 10.9 Å². The highest BCUT2D eigenvalue weighted by Crippen LogP contribution is 2.30. The first-order chi connectivity index (χ1) is 14.5. The summed E-state index contributed by atoms with van der Waals surface area (Å²) in [5, 5.41) is 15.5. The van der Waals surface area contributed by atoms with Crippen molar-refractivity contribution in [1.82, 2.24) is 20.0 Å². The van der Waals surface area contributed by atoms with Crippen LogP contribution in [0.15, 0.2) is 27.5 Å². The molecule has 1 atom stereocenters. The number of anilines is 2. The van der Waals surface area contributed by atoms with Gasteiger partial charge >= 0.3 is 5.63 Å². The molecule has 4 heterocycles. The fourth-order valence-electron chi connectivity index (χ4n) is 3.22. The summed E-state index contributed by atoms with van der Waals surface area (Å²) in [6, 6.07) is 3.33. The molecule has 0 saturated carbocycles. The zero-order chi connectivity index (χ0) is 21.3. The van der Waals surface area contributed by atoms with Crippen LogP contribution in [0.2, 0.25) is 0 Å². The van der Waals surface area contributed by atoms with E-state index < -0.39 is 11.5 Å². The highest BCUT2D eigenvalue weighted by atomic mass is 32.1. The molecule has 4 rings (SSSR count). The van der Waals surface area contributed by atoms with E-state index in [9.17, 15) is 9.59 Å². The van der Waals surface area contributed by atoms with Gasteiger partial charge in [0, 0.05) is 38.2 Å². The Labute approximate surface area is 175 Å². The molecule has 158 valence electrons. The lowest BCUT2D eigenvalue weighted by atomic mass is 10.3. The van der Waals surface area contributed by atoms with Crippen LogP contribution in [0.3, 0.4) is 0 Å². The number of ether oxygens (including phenoxy) is 2. The Kier molecular flexibility index (Phi) is 5.50. The van der Waals surface area contributed by atoms with E-state index in [0.717, 1.165) is 23.5 Å². The zero-order valence-corrected chi connectivity index (χ0v) is 17.4. The monoisotopic (exact) mass is 432 g/mol. The number of nitrogens with zero attached hydrogens (tertiary/aromatic N) is 5. The summed E-state index contributed by atoms with van der Waals surface area (Å²) in [5.41, 5.74) is 0.643. The van der Waals surface area contributed by atoms with Crippen molar-refractivity contribution in [2.45, 2.75) is 19.4 Å². The van der Waals surface area contributed by atoms with Crippen molar-refractivity contribution in [2.24, 2.45) is 0 Å². The maximum Gasteiger partial charge on any atom is 0.381 e. The number of methoxy groups -OCH3 is 2. The summed E-state index contributed by atoms with van der Waals surface area (Å²) < 4.78 is 17.4. The van der Waals surface area contributed by atoms with E-state index in [1.165, 1.54) is 13.2 Å². The Morgan fingerprint density at radius 1 is 1.37 bits per heavy atom. The number of amides is 1. The van der Waals surface area contributed by atoms with E-state index in [1.54, 1.807) is 18.0 Å².